The molecule has 34 heavy (non-hydrogen) atoms. The Morgan fingerprint density at radius 1 is 1.00 bits per heavy atom. The fourth-order valence-corrected chi connectivity index (χ4v) is 4.00. The van der Waals surface area contributed by atoms with Crippen LogP contribution in [0.2, 0.25) is 0 Å². The van der Waals surface area contributed by atoms with Crippen LogP contribution in [0.5, 0.6) is 0 Å². The number of hydrogen-bond acceptors (Lipinski definition) is 6. The lowest BCUT2D eigenvalue weighted by molar-refractivity contribution is -0.141. The molecule has 2 amide bonds. The highest BCUT2D eigenvalue weighted by Crippen LogP contribution is 2.44. The first-order chi connectivity index (χ1) is 16.3. The molecule has 4 N–H and O–H groups in total. The molecule has 1 aromatic heterocycles. The smallest absolute Gasteiger partial charge is 0.407 e. The quantitative estimate of drug-likeness (QED) is 0.402. The van der Waals surface area contributed by atoms with Crippen molar-refractivity contribution < 1.29 is 33.8 Å². The topological polar surface area (TPSA) is 138 Å². The lowest BCUT2D eigenvalue weighted by Crippen LogP contribution is -2.47. The minimum Gasteiger partial charge on any atom is -0.480 e. The summed E-state index contributed by atoms with van der Waals surface area (Å²) < 4.78 is 10.8. The van der Waals surface area contributed by atoms with E-state index in [0.29, 0.717) is 0 Å². The molecular formula is C25H24N2O7. The maximum Gasteiger partial charge on any atom is 0.407 e. The normalized spacial score (nSPS) is 13.9. The van der Waals surface area contributed by atoms with Gasteiger partial charge in [0, 0.05) is 5.92 Å². The van der Waals surface area contributed by atoms with Crippen LogP contribution in [0.1, 0.15) is 40.3 Å². The van der Waals surface area contributed by atoms with Crippen LogP contribution in [0, 0.1) is 0 Å². The molecular weight excluding hydrogens is 440 g/mol. The molecule has 0 aliphatic heterocycles. The number of aliphatic hydroxyl groups excluding tert-OH is 1. The second-order valence-electron chi connectivity index (χ2n) is 7.98. The van der Waals surface area contributed by atoms with Crippen molar-refractivity contribution in [1.29, 1.82) is 0 Å². The number of rotatable bonds is 8. The number of carbonyl (C=O) groups is 3. The average Bonchev–Trinajstić information content (AvgIpc) is 3.42. The Morgan fingerprint density at radius 2 is 1.62 bits per heavy atom. The number of aliphatic hydroxyl groups is 1. The van der Waals surface area contributed by atoms with Gasteiger partial charge in [0.05, 0.1) is 12.6 Å². The van der Waals surface area contributed by atoms with Crippen molar-refractivity contribution in [1.82, 2.24) is 10.6 Å². The second kappa shape index (κ2) is 9.80. The number of carbonyl (C=O) groups excluding carboxylic acids is 2. The van der Waals surface area contributed by atoms with Crippen molar-refractivity contribution in [3.63, 3.8) is 0 Å². The average molecular weight is 464 g/mol. The van der Waals surface area contributed by atoms with Crippen LogP contribution in [0.4, 0.5) is 4.79 Å². The predicted octanol–water partition coefficient (Wildman–Crippen LogP) is 2.88. The first kappa shape index (κ1) is 23.1. The fraction of sp³-hybridized carbons (Fsp3) is 0.240. The van der Waals surface area contributed by atoms with Gasteiger partial charge in [-0.15, -0.1) is 0 Å². The minimum absolute atomic E-state index is 0.0251. The predicted molar refractivity (Wildman–Crippen MR) is 121 cm³/mol. The van der Waals surface area contributed by atoms with Gasteiger partial charge in [0.1, 0.15) is 12.4 Å². The van der Waals surface area contributed by atoms with E-state index < -0.39 is 30.1 Å². The molecule has 0 radical (unpaired) electrons. The molecule has 3 aromatic rings. The second-order valence-corrected chi connectivity index (χ2v) is 7.98. The zero-order valence-electron chi connectivity index (χ0n) is 18.4. The molecule has 0 saturated carbocycles. The summed E-state index contributed by atoms with van der Waals surface area (Å²) in [4.78, 5) is 35.6. The standard InChI is InChI=1S/C25H24N2O7/c1-14(28)22(24(30)31)27-23(29)21-11-10-15(34-21)12-26-25(32)33-13-20-18-8-4-2-6-16(18)17-7-3-5-9-19(17)20/h2-11,14,20,22,28H,12-13H2,1H3,(H,26,32)(H,27,29)(H,30,31)/t14-,22+/m1/s1. The molecule has 2 atom stereocenters. The van der Waals surface area contributed by atoms with Crippen molar-refractivity contribution in [3.8, 4) is 11.1 Å². The van der Waals surface area contributed by atoms with Gasteiger partial charge in [0.25, 0.3) is 5.91 Å². The van der Waals surface area contributed by atoms with Gasteiger partial charge in [-0.2, -0.15) is 0 Å². The molecule has 4 rings (SSSR count). The van der Waals surface area contributed by atoms with Crippen molar-refractivity contribution in [2.75, 3.05) is 6.61 Å². The maximum atomic E-state index is 12.3. The van der Waals surface area contributed by atoms with E-state index in [2.05, 4.69) is 22.8 Å². The number of fused-ring (bicyclic) bond motifs is 3. The Labute approximate surface area is 195 Å². The SMILES string of the molecule is C[C@@H](O)[C@H](NC(=O)c1ccc(CNC(=O)OCC2c3ccccc3-c3ccccc32)o1)C(=O)O. The minimum atomic E-state index is -1.47. The maximum absolute atomic E-state index is 12.3. The Hall–Kier alpha value is -4.11. The molecule has 1 aliphatic rings. The summed E-state index contributed by atoms with van der Waals surface area (Å²) >= 11 is 0. The van der Waals surface area contributed by atoms with Gasteiger partial charge in [0.15, 0.2) is 11.8 Å². The van der Waals surface area contributed by atoms with Crippen LogP contribution in [-0.2, 0) is 16.1 Å². The zero-order chi connectivity index (χ0) is 24.2. The molecule has 0 saturated heterocycles. The van der Waals surface area contributed by atoms with Crippen LogP contribution >= 0.6 is 0 Å². The van der Waals surface area contributed by atoms with Gasteiger partial charge in [-0.3, -0.25) is 4.79 Å². The molecule has 0 spiro atoms. The van der Waals surface area contributed by atoms with E-state index in [1.54, 1.807) is 0 Å². The number of carboxylic acids is 1. The number of furan rings is 1. The van der Waals surface area contributed by atoms with Crippen LogP contribution in [0.15, 0.2) is 65.1 Å². The molecule has 0 fully saturated rings. The van der Waals surface area contributed by atoms with Crippen molar-refractivity contribution in [2.45, 2.75) is 31.5 Å². The fourth-order valence-electron chi connectivity index (χ4n) is 4.00. The number of alkyl carbamates (subject to hydrolysis) is 1. The number of aliphatic carboxylic acids is 1. The number of ether oxygens (including phenoxy) is 1. The highest BCUT2D eigenvalue weighted by Gasteiger charge is 2.29. The van der Waals surface area contributed by atoms with Gasteiger partial charge in [0.2, 0.25) is 0 Å². The largest absolute Gasteiger partial charge is 0.480 e. The Kier molecular flexibility index (Phi) is 6.65. The van der Waals surface area contributed by atoms with Gasteiger partial charge < -0.3 is 30.0 Å². The van der Waals surface area contributed by atoms with E-state index in [-0.39, 0.29) is 30.6 Å². The number of carboxylic acid groups (broad SMARTS) is 1. The lowest BCUT2D eigenvalue weighted by atomic mass is 9.98. The Balaban J connectivity index is 1.31. The van der Waals surface area contributed by atoms with Gasteiger partial charge >= 0.3 is 12.1 Å². The highest BCUT2D eigenvalue weighted by atomic mass is 16.5. The third-order valence-electron chi connectivity index (χ3n) is 5.67. The summed E-state index contributed by atoms with van der Waals surface area (Å²) in [7, 11) is 0. The summed E-state index contributed by atoms with van der Waals surface area (Å²) in [6.45, 7) is 1.40. The first-order valence-corrected chi connectivity index (χ1v) is 10.7. The first-order valence-electron chi connectivity index (χ1n) is 10.7. The molecule has 0 unspecified atom stereocenters. The summed E-state index contributed by atoms with van der Waals surface area (Å²) in [6.07, 6.45) is -1.92. The monoisotopic (exact) mass is 464 g/mol. The van der Waals surface area contributed by atoms with Crippen LogP contribution < -0.4 is 10.6 Å². The van der Waals surface area contributed by atoms with Crippen molar-refractivity contribution in [3.05, 3.63) is 83.3 Å². The molecule has 1 aliphatic carbocycles. The van der Waals surface area contributed by atoms with Gasteiger partial charge in [-0.25, -0.2) is 9.59 Å². The zero-order valence-corrected chi connectivity index (χ0v) is 18.4. The number of amides is 2. The van der Waals surface area contributed by atoms with Crippen molar-refractivity contribution in [2.24, 2.45) is 0 Å². The number of hydrogen-bond donors (Lipinski definition) is 4. The molecule has 9 nitrogen and oxygen atoms in total. The highest BCUT2D eigenvalue weighted by molar-refractivity contribution is 5.94. The third-order valence-corrected chi connectivity index (χ3v) is 5.67. The number of benzene rings is 2. The summed E-state index contributed by atoms with van der Waals surface area (Å²) in [5.41, 5.74) is 4.48. The van der Waals surface area contributed by atoms with Crippen LogP contribution in [0.3, 0.4) is 0 Å². The summed E-state index contributed by atoms with van der Waals surface area (Å²) in [6, 6.07) is 17.4. The van der Waals surface area contributed by atoms with Crippen LogP contribution in [0.25, 0.3) is 11.1 Å². The molecule has 176 valence electrons. The van der Waals surface area contributed by atoms with E-state index in [1.807, 2.05) is 36.4 Å². The van der Waals surface area contributed by atoms with Gasteiger partial charge in [-0.05, 0) is 41.3 Å². The van der Waals surface area contributed by atoms with E-state index in [1.165, 1.54) is 19.1 Å². The summed E-state index contributed by atoms with van der Waals surface area (Å²) in [5, 5.41) is 23.3. The number of nitrogens with one attached hydrogen (secondary N) is 2. The van der Waals surface area contributed by atoms with Crippen molar-refractivity contribution >= 4 is 18.0 Å². The van der Waals surface area contributed by atoms with Crippen LogP contribution in [-0.4, -0.2) is 46.9 Å². The van der Waals surface area contributed by atoms with E-state index in [4.69, 9.17) is 14.3 Å². The molecule has 9 heteroatoms. The van der Waals surface area contributed by atoms with Gasteiger partial charge in [-0.1, -0.05) is 48.5 Å². The van der Waals surface area contributed by atoms with E-state index >= 15 is 0 Å². The van der Waals surface area contributed by atoms with E-state index in [0.717, 1.165) is 22.3 Å². The molecule has 0 bridgehead atoms. The van der Waals surface area contributed by atoms with E-state index in [9.17, 15) is 19.5 Å². The summed E-state index contributed by atoms with van der Waals surface area (Å²) in [5.74, 6) is -2.08. The lowest BCUT2D eigenvalue weighted by Gasteiger charge is -2.16. The molecule has 2 aromatic carbocycles. The Bertz CT molecular complexity index is 1170. The molecule has 1 heterocycles. The Morgan fingerprint density at radius 3 is 2.21 bits per heavy atom. The third kappa shape index (κ3) is 4.79.